The van der Waals surface area contributed by atoms with Gasteiger partial charge >= 0.3 is 12.0 Å². The number of hydrogen-bond acceptors (Lipinski definition) is 2. The number of hydrogen-bond donors (Lipinski definition) is 2. The predicted molar refractivity (Wildman–Crippen MR) is 73.9 cm³/mol. The van der Waals surface area contributed by atoms with E-state index in [0.29, 0.717) is 25.6 Å². The minimum atomic E-state index is -0.814. The molecule has 0 spiro atoms. The highest BCUT2D eigenvalue weighted by atomic mass is 16.4. The van der Waals surface area contributed by atoms with Crippen LogP contribution in [0, 0.1) is 23.2 Å². The van der Waals surface area contributed by atoms with Crippen molar-refractivity contribution in [2.45, 2.75) is 34.6 Å². The van der Waals surface area contributed by atoms with Crippen LogP contribution in [0.4, 0.5) is 4.79 Å². The molecule has 1 rings (SSSR count). The summed E-state index contributed by atoms with van der Waals surface area (Å²) in [5, 5.41) is 12.0. The Morgan fingerprint density at radius 1 is 1.37 bits per heavy atom. The number of urea groups is 1. The number of nitrogens with one attached hydrogen (secondary N) is 1. The first-order chi connectivity index (χ1) is 8.62. The number of rotatable bonds is 3. The van der Waals surface area contributed by atoms with Gasteiger partial charge in [0, 0.05) is 19.6 Å². The molecular weight excluding hydrogens is 244 g/mol. The number of carboxylic acid groups (broad SMARTS) is 1. The summed E-state index contributed by atoms with van der Waals surface area (Å²) in [4.78, 5) is 24.6. The summed E-state index contributed by atoms with van der Waals surface area (Å²) < 4.78 is 0. The fraction of sp³-hybridized carbons (Fsp3) is 0.857. The zero-order valence-electron chi connectivity index (χ0n) is 12.6. The SMILES string of the molecule is CC(CNC(=O)N1C[C@@H](C)[C@H](C(=O)O)C1)C(C)(C)C. The maximum absolute atomic E-state index is 12.0. The summed E-state index contributed by atoms with van der Waals surface area (Å²) >= 11 is 0. The van der Waals surface area contributed by atoms with Gasteiger partial charge in [0.25, 0.3) is 0 Å². The van der Waals surface area contributed by atoms with E-state index >= 15 is 0 Å². The number of carbonyl (C=O) groups excluding carboxylic acids is 1. The Labute approximate surface area is 115 Å². The fourth-order valence-corrected chi connectivity index (χ4v) is 2.11. The summed E-state index contributed by atoms with van der Waals surface area (Å²) in [5.74, 6) is -0.869. The molecule has 1 unspecified atom stereocenters. The number of nitrogens with zero attached hydrogens (tertiary/aromatic N) is 1. The molecule has 1 heterocycles. The highest BCUT2D eigenvalue weighted by molar-refractivity contribution is 5.77. The first-order valence-electron chi connectivity index (χ1n) is 6.88. The first kappa shape index (κ1) is 15.8. The molecule has 5 heteroatoms. The van der Waals surface area contributed by atoms with E-state index in [4.69, 9.17) is 5.11 Å². The van der Waals surface area contributed by atoms with Crippen molar-refractivity contribution in [2.24, 2.45) is 23.2 Å². The molecule has 19 heavy (non-hydrogen) atoms. The number of carbonyl (C=O) groups is 2. The Morgan fingerprint density at radius 3 is 2.37 bits per heavy atom. The molecule has 0 bridgehead atoms. The molecule has 0 aliphatic carbocycles. The summed E-state index contributed by atoms with van der Waals surface area (Å²) in [5.41, 5.74) is 0.148. The molecule has 2 amide bonds. The van der Waals surface area contributed by atoms with Crippen molar-refractivity contribution < 1.29 is 14.7 Å². The molecule has 2 N–H and O–H groups in total. The average molecular weight is 270 g/mol. The molecule has 0 radical (unpaired) electrons. The molecule has 1 aliphatic rings. The van der Waals surface area contributed by atoms with Crippen LogP contribution in [0.15, 0.2) is 0 Å². The van der Waals surface area contributed by atoms with Gasteiger partial charge in [0.2, 0.25) is 0 Å². The number of carboxylic acids is 1. The second kappa shape index (κ2) is 5.80. The van der Waals surface area contributed by atoms with E-state index in [2.05, 4.69) is 33.0 Å². The van der Waals surface area contributed by atoms with Crippen molar-refractivity contribution in [3.8, 4) is 0 Å². The molecule has 0 aromatic heterocycles. The molecule has 0 saturated carbocycles. The summed E-state index contributed by atoms with van der Waals surface area (Å²) in [6.07, 6.45) is 0. The molecule has 1 fully saturated rings. The van der Waals surface area contributed by atoms with E-state index in [1.807, 2.05) is 6.92 Å². The van der Waals surface area contributed by atoms with E-state index in [1.54, 1.807) is 4.90 Å². The van der Waals surface area contributed by atoms with Gasteiger partial charge in [0.15, 0.2) is 0 Å². The van der Waals surface area contributed by atoms with Crippen LogP contribution in [-0.4, -0.2) is 41.6 Å². The Kier molecular flexibility index (Phi) is 4.82. The maximum Gasteiger partial charge on any atom is 0.317 e. The van der Waals surface area contributed by atoms with Gasteiger partial charge in [0.1, 0.15) is 0 Å². The summed E-state index contributed by atoms with van der Waals surface area (Å²) in [6, 6.07) is -0.147. The molecule has 110 valence electrons. The lowest BCUT2D eigenvalue weighted by Gasteiger charge is -2.28. The molecular formula is C14H26N2O3. The number of aliphatic carboxylic acids is 1. The second-order valence-electron chi connectivity index (χ2n) is 6.78. The zero-order valence-corrected chi connectivity index (χ0v) is 12.6. The van der Waals surface area contributed by atoms with Crippen LogP contribution in [0.3, 0.4) is 0 Å². The van der Waals surface area contributed by atoms with E-state index in [0.717, 1.165) is 0 Å². The summed E-state index contributed by atoms with van der Waals surface area (Å²) in [7, 11) is 0. The van der Waals surface area contributed by atoms with Gasteiger partial charge < -0.3 is 15.3 Å². The molecule has 0 aromatic rings. The third-order valence-corrected chi connectivity index (χ3v) is 4.25. The van der Waals surface area contributed by atoms with Crippen LogP contribution in [0.5, 0.6) is 0 Å². The van der Waals surface area contributed by atoms with E-state index in [9.17, 15) is 9.59 Å². The van der Waals surface area contributed by atoms with Gasteiger partial charge in [-0.15, -0.1) is 0 Å². The van der Waals surface area contributed by atoms with Crippen LogP contribution >= 0.6 is 0 Å². The van der Waals surface area contributed by atoms with Crippen molar-refractivity contribution in [2.75, 3.05) is 19.6 Å². The normalized spacial score (nSPS) is 25.2. The minimum absolute atomic E-state index is 0.0169. The lowest BCUT2D eigenvalue weighted by Crippen LogP contribution is -2.42. The lowest BCUT2D eigenvalue weighted by atomic mass is 9.82. The first-order valence-corrected chi connectivity index (χ1v) is 6.88. The molecule has 1 saturated heterocycles. The van der Waals surface area contributed by atoms with Crippen LogP contribution in [0.2, 0.25) is 0 Å². The van der Waals surface area contributed by atoms with Gasteiger partial charge in [-0.1, -0.05) is 34.6 Å². The molecule has 5 nitrogen and oxygen atoms in total. The van der Waals surface area contributed by atoms with Crippen molar-refractivity contribution in [3.05, 3.63) is 0 Å². The van der Waals surface area contributed by atoms with Crippen molar-refractivity contribution in [1.29, 1.82) is 0 Å². The van der Waals surface area contributed by atoms with Gasteiger partial charge in [-0.25, -0.2) is 4.79 Å². The van der Waals surface area contributed by atoms with Crippen LogP contribution in [0.1, 0.15) is 34.6 Å². The average Bonchev–Trinajstić information content (AvgIpc) is 2.66. The van der Waals surface area contributed by atoms with E-state index in [-0.39, 0.29) is 17.4 Å². The maximum atomic E-state index is 12.0. The van der Waals surface area contributed by atoms with E-state index in [1.165, 1.54) is 0 Å². The largest absolute Gasteiger partial charge is 0.481 e. The van der Waals surface area contributed by atoms with Crippen molar-refractivity contribution >= 4 is 12.0 Å². The van der Waals surface area contributed by atoms with Crippen molar-refractivity contribution in [3.63, 3.8) is 0 Å². The zero-order chi connectivity index (χ0) is 14.8. The van der Waals surface area contributed by atoms with Crippen LogP contribution in [0.25, 0.3) is 0 Å². The lowest BCUT2D eigenvalue weighted by molar-refractivity contribution is -0.142. The second-order valence-corrected chi connectivity index (χ2v) is 6.78. The number of likely N-dealkylation sites (tertiary alicyclic amines) is 1. The van der Waals surface area contributed by atoms with Crippen LogP contribution in [-0.2, 0) is 4.79 Å². The Bertz CT molecular complexity index is 349. The minimum Gasteiger partial charge on any atom is -0.481 e. The van der Waals surface area contributed by atoms with E-state index < -0.39 is 11.9 Å². The predicted octanol–water partition coefficient (Wildman–Crippen LogP) is 2.03. The third kappa shape index (κ3) is 4.11. The number of amides is 2. The summed E-state index contributed by atoms with van der Waals surface area (Å²) in [6.45, 7) is 11.9. The van der Waals surface area contributed by atoms with Gasteiger partial charge in [-0.05, 0) is 17.3 Å². The Morgan fingerprint density at radius 2 is 1.95 bits per heavy atom. The van der Waals surface area contributed by atoms with Crippen molar-refractivity contribution in [1.82, 2.24) is 10.2 Å². The molecule has 1 aliphatic heterocycles. The van der Waals surface area contributed by atoms with Crippen LogP contribution < -0.4 is 5.32 Å². The highest BCUT2D eigenvalue weighted by Gasteiger charge is 2.37. The molecule has 3 atom stereocenters. The fourth-order valence-electron chi connectivity index (χ4n) is 2.11. The standard InChI is InChI=1S/C14H26N2O3/c1-9-7-16(8-11(9)12(17)18)13(19)15-6-10(2)14(3,4)5/h9-11H,6-8H2,1-5H3,(H,15,19)(H,17,18)/t9-,10?,11-/m1/s1. The van der Waals surface area contributed by atoms with Gasteiger partial charge in [0.05, 0.1) is 5.92 Å². The third-order valence-electron chi connectivity index (χ3n) is 4.25. The smallest absolute Gasteiger partial charge is 0.317 e. The molecule has 0 aromatic carbocycles. The quantitative estimate of drug-likeness (QED) is 0.824. The Balaban J connectivity index is 2.46. The topological polar surface area (TPSA) is 69.6 Å². The monoisotopic (exact) mass is 270 g/mol. The Hall–Kier alpha value is -1.26. The van der Waals surface area contributed by atoms with Gasteiger partial charge in [-0.2, -0.15) is 0 Å². The highest BCUT2D eigenvalue weighted by Crippen LogP contribution is 2.25. The van der Waals surface area contributed by atoms with Gasteiger partial charge in [-0.3, -0.25) is 4.79 Å².